The van der Waals surface area contributed by atoms with Crippen molar-refractivity contribution in [2.24, 2.45) is 0 Å². The van der Waals surface area contributed by atoms with Crippen LogP contribution in [0, 0.1) is 0 Å². The van der Waals surface area contributed by atoms with Crippen LogP contribution in [0.5, 0.6) is 0 Å². The van der Waals surface area contributed by atoms with E-state index in [0.717, 1.165) is 48.0 Å². The molecule has 5 nitrogen and oxygen atoms in total. The van der Waals surface area contributed by atoms with Crippen LogP contribution < -0.4 is 10.2 Å². The molecule has 22 heavy (non-hydrogen) atoms. The monoisotopic (exact) mass is 297 g/mol. The Morgan fingerprint density at radius 1 is 1.09 bits per heavy atom. The smallest absolute Gasteiger partial charge is 0.140 e. The molecule has 0 aliphatic carbocycles. The zero-order valence-corrected chi connectivity index (χ0v) is 13.3. The van der Waals surface area contributed by atoms with Crippen LogP contribution in [0.4, 0.5) is 11.6 Å². The number of nitrogens with zero attached hydrogens (tertiary/aromatic N) is 4. The van der Waals surface area contributed by atoms with Crippen molar-refractivity contribution in [3.05, 3.63) is 30.4 Å². The van der Waals surface area contributed by atoms with Gasteiger partial charge in [0.05, 0.1) is 5.69 Å². The zero-order valence-electron chi connectivity index (χ0n) is 13.3. The molecule has 0 saturated carbocycles. The molecule has 0 bridgehead atoms. The molecule has 3 rings (SSSR count). The third-order valence-electron chi connectivity index (χ3n) is 4.20. The van der Waals surface area contributed by atoms with Crippen molar-refractivity contribution < 1.29 is 0 Å². The van der Waals surface area contributed by atoms with E-state index < -0.39 is 0 Å². The first-order valence-corrected chi connectivity index (χ1v) is 8.06. The summed E-state index contributed by atoms with van der Waals surface area (Å²) in [7, 11) is 1.88. The van der Waals surface area contributed by atoms with Gasteiger partial charge in [-0.1, -0.05) is 6.92 Å². The fraction of sp³-hybridized carbons (Fsp3) is 0.471. The van der Waals surface area contributed by atoms with Crippen molar-refractivity contribution in [1.82, 2.24) is 15.0 Å². The van der Waals surface area contributed by atoms with E-state index in [4.69, 9.17) is 0 Å². The maximum absolute atomic E-state index is 4.60. The second kappa shape index (κ2) is 6.73. The average Bonchev–Trinajstić information content (AvgIpc) is 2.62. The molecule has 0 radical (unpaired) electrons. The van der Waals surface area contributed by atoms with Gasteiger partial charge in [-0.25, -0.2) is 15.0 Å². The highest BCUT2D eigenvalue weighted by molar-refractivity contribution is 5.78. The van der Waals surface area contributed by atoms with Crippen molar-refractivity contribution >= 4 is 11.6 Å². The van der Waals surface area contributed by atoms with Gasteiger partial charge >= 0.3 is 0 Å². The number of aromatic nitrogens is 3. The molecular weight excluding hydrogens is 274 g/mol. The second-order valence-electron chi connectivity index (χ2n) is 5.60. The van der Waals surface area contributed by atoms with Crippen LogP contribution >= 0.6 is 0 Å². The first kappa shape index (κ1) is 14.8. The third kappa shape index (κ3) is 2.89. The molecule has 2 aromatic heterocycles. The largest absolute Gasteiger partial charge is 0.373 e. The molecule has 5 heteroatoms. The molecule has 3 heterocycles. The fourth-order valence-electron chi connectivity index (χ4n) is 3.01. The van der Waals surface area contributed by atoms with Crippen molar-refractivity contribution in [3.8, 4) is 11.1 Å². The Hall–Kier alpha value is -2.17. The van der Waals surface area contributed by atoms with Gasteiger partial charge in [0.25, 0.3) is 0 Å². The van der Waals surface area contributed by atoms with Crippen molar-refractivity contribution in [2.45, 2.75) is 32.6 Å². The predicted molar refractivity (Wildman–Crippen MR) is 90.3 cm³/mol. The van der Waals surface area contributed by atoms with Crippen LogP contribution in [0.3, 0.4) is 0 Å². The summed E-state index contributed by atoms with van der Waals surface area (Å²) in [6.07, 6.45) is 8.30. The normalized spacial score (nSPS) is 14.9. The maximum Gasteiger partial charge on any atom is 0.140 e. The van der Waals surface area contributed by atoms with Crippen LogP contribution in [-0.2, 0) is 6.42 Å². The highest BCUT2D eigenvalue weighted by atomic mass is 15.2. The summed E-state index contributed by atoms with van der Waals surface area (Å²) in [6, 6.07) is 4.10. The molecular formula is C17H23N5. The number of rotatable bonds is 4. The Balaban J connectivity index is 2.06. The van der Waals surface area contributed by atoms with E-state index in [2.05, 4.69) is 38.2 Å². The molecule has 0 aromatic carbocycles. The van der Waals surface area contributed by atoms with Crippen LogP contribution in [-0.4, -0.2) is 35.1 Å². The zero-order chi connectivity index (χ0) is 15.4. The molecule has 1 fully saturated rings. The van der Waals surface area contributed by atoms with Gasteiger partial charge in [0.2, 0.25) is 0 Å². The summed E-state index contributed by atoms with van der Waals surface area (Å²) in [5, 5.41) is 3.06. The van der Waals surface area contributed by atoms with Gasteiger partial charge in [-0.05, 0) is 37.8 Å². The Kier molecular flexibility index (Phi) is 4.51. The highest BCUT2D eigenvalue weighted by Crippen LogP contribution is 2.33. The van der Waals surface area contributed by atoms with Gasteiger partial charge in [0.1, 0.15) is 18.0 Å². The van der Waals surface area contributed by atoms with Crippen molar-refractivity contribution in [2.75, 3.05) is 30.4 Å². The third-order valence-corrected chi connectivity index (χ3v) is 4.20. The van der Waals surface area contributed by atoms with E-state index in [0.29, 0.717) is 0 Å². The number of hydrogen-bond donors (Lipinski definition) is 1. The van der Waals surface area contributed by atoms with Gasteiger partial charge < -0.3 is 10.2 Å². The second-order valence-corrected chi connectivity index (χ2v) is 5.60. The summed E-state index contributed by atoms with van der Waals surface area (Å²) in [5.41, 5.74) is 3.33. The lowest BCUT2D eigenvalue weighted by molar-refractivity contribution is 0.573. The summed E-state index contributed by atoms with van der Waals surface area (Å²) in [6.45, 7) is 4.30. The molecule has 116 valence electrons. The lowest BCUT2D eigenvalue weighted by Gasteiger charge is -2.30. The average molecular weight is 297 g/mol. The first-order valence-electron chi connectivity index (χ1n) is 8.06. The number of hydrogen-bond acceptors (Lipinski definition) is 5. The topological polar surface area (TPSA) is 53.9 Å². The molecule has 0 atom stereocenters. The lowest BCUT2D eigenvalue weighted by atomic mass is 10.0. The Bertz CT molecular complexity index is 617. The molecule has 0 spiro atoms. The van der Waals surface area contributed by atoms with Crippen molar-refractivity contribution in [1.29, 1.82) is 0 Å². The molecule has 1 saturated heterocycles. The first-order chi connectivity index (χ1) is 10.8. The minimum absolute atomic E-state index is 0.873. The molecule has 2 aromatic rings. The van der Waals surface area contributed by atoms with Crippen molar-refractivity contribution in [3.63, 3.8) is 0 Å². The van der Waals surface area contributed by atoms with Gasteiger partial charge in [0, 0.05) is 37.5 Å². The Labute approximate surface area is 131 Å². The van der Waals surface area contributed by atoms with Crippen LogP contribution in [0.1, 0.15) is 31.9 Å². The van der Waals surface area contributed by atoms with E-state index in [9.17, 15) is 0 Å². The van der Waals surface area contributed by atoms with Gasteiger partial charge in [-0.15, -0.1) is 0 Å². The summed E-state index contributed by atoms with van der Waals surface area (Å²) in [5.74, 6) is 1.93. The number of nitrogens with one attached hydrogen (secondary N) is 1. The quantitative estimate of drug-likeness (QED) is 0.939. The minimum atomic E-state index is 0.873. The van der Waals surface area contributed by atoms with Gasteiger partial charge in [0.15, 0.2) is 0 Å². The number of aryl methyl sites for hydroxylation is 1. The SMILES string of the molecule is CCc1ncnc(N2CCCCC2)c1-c1ccc(NC)nc1. The molecule has 0 unspecified atom stereocenters. The fourth-order valence-corrected chi connectivity index (χ4v) is 3.01. The predicted octanol–water partition coefficient (Wildman–Crippen LogP) is 3.13. The van der Waals surface area contributed by atoms with Crippen LogP contribution in [0.25, 0.3) is 11.1 Å². The van der Waals surface area contributed by atoms with E-state index in [1.807, 2.05) is 19.3 Å². The van der Waals surface area contributed by atoms with E-state index in [1.54, 1.807) is 6.33 Å². The highest BCUT2D eigenvalue weighted by Gasteiger charge is 2.20. The standard InChI is InChI=1S/C17H23N5/c1-3-14-16(13-7-8-15(18-2)19-11-13)17(21-12-20-14)22-9-5-4-6-10-22/h7-8,11-12H,3-6,9-10H2,1-2H3,(H,18,19). The summed E-state index contributed by atoms with van der Waals surface area (Å²) in [4.78, 5) is 15.9. The summed E-state index contributed by atoms with van der Waals surface area (Å²) < 4.78 is 0. The number of piperidine rings is 1. The van der Waals surface area contributed by atoms with E-state index in [1.165, 1.54) is 19.3 Å². The molecule has 0 amide bonds. The minimum Gasteiger partial charge on any atom is -0.373 e. The van der Waals surface area contributed by atoms with E-state index >= 15 is 0 Å². The number of pyridine rings is 1. The molecule has 1 aliphatic heterocycles. The van der Waals surface area contributed by atoms with Gasteiger partial charge in [-0.2, -0.15) is 0 Å². The number of anilines is 2. The van der Waals surface area contributed by atoms with Crippen LogP contribution in [0.2, 0.25) is 0 Å². The van der Waals surface area contributed by atoms with Gasteiger partial charge in [-0.3, -0.25) is 0 Å². The Morgan fingerprint density at radius 3 is 2.55 bits per heavy atom. The molecule has 1 aliphatic rings. The Morgan fingerprint density at radius 2 is 1.91 bits per heavy atom. The lowest BCUT2D eigenvalue weighted by Crippen LogP contribution is -2.31. The summed E-state index contributed by atoms with van der Waals surface area (Å²) >= 11 is 0. The van der Waals surface area contributed by atoms with E-state index in [-0.39, 0.29) is 0 Å². The molecule has 1 N–H and O–H groups in total. The van der Waals surface area contributed by atoms with Crippen LogP contribution in [0.15, 0.2) is 24.7 Å². The maximum atomic E-state index is 4.60.